The molecule has 7 rings (SSSR count). The molecule has 0 saturated carbocycles. The van der Waals surface area contributed by atoms with E-state index in [1.165, 1.54) is 56.1 Å². The van der Waals surface area contributed by atoms with Crippen molar-refractivity contribution >= 4 is 11.0 Å². The zero-order valence-corrected chi connectivity index (χ0v) is 29.0. The number of fused-ring (bicyclic) bond motifs is 4. The lowest BCUT2D eigenvalue weighted by Crippen LogP contribution is -2.69. The Bertz CT molecular complexity index is 2070. The van der Waals surface area contributed by atoms with Crippen molar-refractivity contribution in [1.82, 2.24) is 4.57 Å². The quantitative estimate of drug-likeness (QED) is 0.143. The Hall–Kier alpha value is -4.50. The predicted octanol–water partition coefficient (Wildman–Crippen LogP) is 10.0. The van der Waals surface area contributed by atoms with E-state index in [-0.39, 0.29) is 11.0 Å². The van der Waals surface area contributed by atoms with Crippen LogP contribution in [0.3, 0.4) is 0 Å². The fourth-order valence-corrected chi connectivity index (χ4v) is 8.96. The molecular weight excluding hydrogens is 571 g/mol. The van der Waals surface area contributed by atoms with Gasteiger partial charge in [0.05, 0.1) is 23.6 Å². The molecule has 0 amide bonds. The highest BCUT2D eigenvalue weighted by atomic mass is 15.2. The van der Waals surface area contributed by atoms with Crippen LogP contribution in [0.15, 0.2) is 121 Å². The van der Waals surface area contributed by atoms with Crippen LogP contribution in [-0.2, 0) is 24.4 Å². The fraction of sp³-hybridized carbons (Fsp3) is 0.318. The number of pyridine rings is 1. The Morgan fingerprint density at radius 3 is 2.19 bits per heavy atom. The Kier molecular flexibility index (Phi) is 8.12. The lowest BCUT2D eigenvalue weighted by molar-refractivity contribution is -0.770. The summed E-state index contributed by atoms with van der Waals surface area (Å²) in [5, 5.41) is 0. The van der Waals surface area contributed by atoms with Gasteiger partial charge < -0.3 is 0 Å². The second-order valence-electron chi connectivity index (χ2n) is 14.0. The summed E-state index contributed by atoms with van der Waals surface area (Å²) in [5.41, 5.74) is 12.1. The molecule has 3 heterocycles. The predicted molar refractivity (Wildman–Crippen MR) is 195 cm³/mol. The summed E-state index contributed by atoms with van der Waals surface area (Å²) in [5.74, 6) is 1.66. The van der Waals surface area contributed by atoms with E-state index in [0.717, 1.165) is 32.1 Å². The molecule has 0 N–H and O–H groups in total. The molecule has 0 fully saturated rings. The minimum absolute atomic E-state index is 0.0165. The maximum Gasteiger partial charge on any atom is 0.295 e. The second kappa shape index (κ2) is 12.3. The zero-order valence-electron chi connectivity index (χ0n) is 29.0. The van der Waals surface area contributed by atoms with E-state index in [9.17, 15) is 0 Å². The fourth-order valence-electron chi connectivity index (χ4n) is 8.96. The third-order valence-corrected chi connectivity index (χ3v) is 11.5. The van der Waals surface area contributed by atoms with Gasteiger partial charge in [0.15, 0.2) is 22.8 Å². The van der Waals surface area contributed by atoms with E-state index in [1.54, 1.807) is 0 Å². The van der Waals surface area contributed by atoms with Crippen LogP contribution in [0.2, 0.25) is 0 Å². The van der Waals surface area contributed by atoms with E-state index in [0.29, 0.717) is 5.92 Å². The summed E-state index contributed by atoms with van der Waals surface area (Å²) in [4.78, 5) is 0. The third kappa shape index (κ3) is 4.77. The Balaban J connectivity index is 1.32. The van der Waals surface area contributed by atoms with Gasteiger partial charge in [0.1, 0.15) is 5.69 Å². The molecule has 2 aromatic heterocycles. The van der Waals surface area contributed by atoms with Crippen molar-refractivity contribution in [2.24, 2.45) is 7.05 Å². The van der Waals surface area contributed by atoms with Crippen LogP contribution < -0.4 is 9.13 Å². The van der Waals surface area contributed by atoms with Crippen molar-refractivity contribution in [2.75, 3.05) is 0 Å². The van der Waals surface area contributed by atoms with Gasteiger partial charge in [0, 0.05) is 30.5 Å². The molecule has 1 aliphatic rings. The normalized spacial score (nSPS) is 18.8. The number of para-hydroxylation sites is 3. The molecule has 3 heteroatoms. The molecule has 238 valence electrons. The van der Waals surface area contributed by atoms with Crippen LogP contribution in [0.25, 0.3) is 39.4 Å². The van der Waals surface area contributed by atoms with Crippen LogP contribution >= 0.6 is 0 Å². The molecule has 1 aliphatic heterocycles. The van der Waals surface area contributed by atoms with Crippen molar-refractivity contribution in [2.45, 2.75) is 83.6 Å². The summed E-state index contributed by atoms with van der Waals surface area (Å²) in [6.07, 6.45) is 7.78. The summed E-state index contributed by atoms with van der Waals surface area (Å²) in [7, 11) is 2.23. The molecule has 6 aromatic rings. The van der Waals surface area contributed by atoms with Gasteiger partial charge in [-0.3, -0.25) is 0 Å². The number of aryl methyl sites for hydroxylation is 2. The highest BCUT2D eigenvalue weighted by Crippen LogP contribution is 2.51. The molecule has 0 spiro atoms. The van der Waals surface area contributed by atoms with E-state index in [2.05, 4.69) is 177 Å². The van der Waals surface area contributed by atoms with Gasteiger partial charge in [0.25, 0.3) is 5.82 Å². The molecule has 3 nitrogen and oxygen atoms in total. The number of hydrogen-bond donors (Lipinski definition) is 0. The highest BCUT2D eigenvalue weighted by molar-refractivity contribution is 5.80. The van der Waals surface area contributed by atoms with Crippen molar-refractivity contribution in [3.8, 4) is 28.3 Å². The summed E-state index contributed by atoms with van der Waals surface area (Å²) >= 11 is 0. The SMILES string of the molecule is CCC1(C)c2ccccc2-c2cccc[n+]2C1(CC)CCCc1ccccc1-c1n(-c2ccccc2C(C)C)c2ccccc2[n+]1C. The number of benzene rings is 4. The van der Waals surface area contributed by atoms with Crippen molar-refractivity contribution < 1.29 is 9.13 Å². The maximum atomic E-state index is 2.64. The number of aromatic nitrogens is 3. The molecule has 0 saturated heterocycles. The van der Waals surface area contributed by atoms with E-state index >= 15 is 0 Å². The van der Waals surface area contributed by atoms with Gasteiger partial charge in [-0.1, -0.05) is 94.4 Å². The van der Waals surface area contributed by atoms with Gasteiger partial charge in [0.2, 0.25) is 5.69 Å². The molecule has 4 aromatic carbocycles. The summed E-state index contributed by atoms with van der Waals surface area (Å²) in [6, 6.07) is 42.8. The van der Waals surface area contributed by atoms with Gasteiger partial charge in [-0.15, -0.1) is 0 Å². The Morgan fingerprint density at radius 2 is 1.40 bits per heavy atom. The maximum absolute atomic E-state index is 2.64. The molecule has 2 atom stereocenters. The first-order valence-corrected chi connectivity index (χ1v) is 17.6. The average molecular weight is 620 g/mol. The van der Waals surface area contributed by atoms with Crippen molar-refractivity contribution in [1.29, 1.82) is 0 Å². The smallest absolute Gasteiger partial charge is 0.225 e. The third-order valence-electron chi connectivity index (χ3n) is 11.5. The number of nitrogens with zero attached hydrogens (tertiary/aromatic N) is 3. The minimum atomic E-state index is -0.0165. The van der Waals surface area contributed by atoms with Gasteiger partial charge in [-0.2, -0.15) is 9.13 Å². The van der Waals surface area contributed by atoms with Crippen LogP contribution in [0.4, 0.5) is 0 Å². The Morgan fingerprint density at radius 1 is 0.723 bits per heavy atom. The van der Waals surface area contributed by atoms with Crippen LogP contribution in [0.5, 0.6) is 0 Å². The topological polar surface area (TPSA) is 12.7 Å². The monoisotopic (exact) mass is 619 g/mol. The molecular formula is C44H49N3+2. The van der Waals surface area contributed by atoms with Gasteiger partial charge in [-0.25, -0.2) is 4.57 Å². The first kappa shape index (κ1) is 31.1. The number of imidazole rings is 1. The average Bonchev–Trinajstić information content (AvgIpc) is 3.41. The molecule has 47 heavy (non-hydrogen) atoms. The van der Waals surface area contributed by atoms with Crippen LogP contribution in [0, 0.1) is 0 Å². The molecule has 0 radical (unpaired) electrons. The van der Waals surface area contributed by atoms with E-state index in [4.69, 9.17) is 0 Å². The molecule has 2 unspecified atom stereocenters. The van der Waals surface area contributed by atoms with E-state index < -0.39 is 0 Å². The van der Waals surface area contributed by atoms with Crippen molar-refractivity contribution in [3.63, 3.8) is 0 Å². The number of rotatable bonds is 9. The standard InChI is InChI=1S/C44H49N3/c1-7-43(5)37-25-13-11-24-36(37)38-26-17-18-31-46(38)44(43,8-2)30-19-21-33-20-9-10-23-35(33)42-45(6)40-28-15-16-29-41(40)47(42)39-27-14-12-22-34(39)32(3)4/h9-18,20,22-29,31-32H,7-8,19,21,30H2,1-6H3/q+2. The summed E-state index contributed by atoms with van der Waals surface area (Å²) < 4.78 is 7.55. The van der Waals surface area contributed by atoms with Gasteiger partial charge >= 0.3 is 0 Å². The summed E-state index contributed by atoms with van der Waals surface area (Å²) in [6.45, 7) is 11.9. The lowest BCUT2D eigenvalue weighted by Gasteiger charge is -2.48. The largest absolute Gasteiger partial charge is 0.295 e. The van der Waals surface area contributed by atoms with Crippen molar-refractivity contribution in [3.05, 3.63) is 138 Å². The zero-order chi connectivity index (χ0) is 32.8. The molecule has 0 bridgehead atoms. The van der Waals surface area contributed by atoms with E-state index in [1.807, 2.05) is 0 Å². The van der Waals surface area contributed by atoms with Crippen LogP contribution in [0.1, 0.15) is 82.9 Å². The highest BCUT2D eigenvalue weighted by Gasteiger charge is 2.58. The first-order valence-electron chi connectivity index (χ1n) is 17.6. The van der Waals surface area contributed by atoms with Gasteiger partial charge in [-0.05, 0) is 79.6 Å². The second-order valence-corrected chi connectivity index (χ2v) is 14.0. The first-order chi connectivity index (χ1) is 22.9. The Labute approximate surface area is 281 Å². The minimum Gasteiger partial charge on any atom is -0.225 e. The number of hydrogen-bond acceptors (Lipinski definition) is 0. The molecule has 0 aliphatic carbocycles. The lowest BCUT2D eigenvalue weighted by atomic mass is 9.58. The van der Waals surface area contributed by atoms with Crippen LogP contribution in [-0.4, -0.2) is 4.57 Å².